The van der Waals surface area contributed by atoms with E-state index in [4.69, 9.17) is 14.6 Å². The average molecular weight is 315 g/mol. The van der Waals surface area contributed by atoms with Gasteiger partial charge in [0.2, 0.25) is 0 Å². The number of hydrogen-bond acceptors (Lipinski definition) is 4. The number of nitrogens with one attached hydrogen (secondary N) is 1. The molecule has 0 amide bonds. The topological polar surface area (TPSA) is 50.7 Å². The Bertz CT molecular complexity index is 572. The molecule has 0 atom stereocenters. The fourth-order valence-electron chi connectivity index (χ4n) is 2.32. The first-order valence-corrected chi connectivity index (χ1v) is 8.07. The lowest BCUT2D eigenvalue weighted by Crippen LogP contribution is -2.16. The van der Waals surface area contributed by atoms with Gasteiger partial charge in [-0.15, -0.1) is 0 Å². The zero-order chi connectivity index (χ0) is 16.3. The Balaban J connectivity index is 1.85. The van der Waals surface area contributed by atoms with Crippen molar-refractivity contribution in [3.05, 3.63) is 59.7 Å². The standard InChI is InChI=1S/C19H25NO3/c1-2-22-19-14-17(8-9-18(19)23-13-12-21)15-20-11-10-16-6-4-3-5-7-16/h3-9,14,20-21H,2,10-13,15H2,1H3. The molecule has 4 nitrogen and oxygen atoms in total. The van der Waals surface area contributed by atoms with Gasteiger partial charge in [-0.05, 0) is 43.1 Å². The maximum Gasteiger partial charge on any atom is 0.161 e. The van der Waals surface area contributed by atoms with Crippen molar-refractivity contribution in [1.29, 1.82) is 0 Å². The first-order chi connectivity index (χ1) is 11.3. The SMILES string of the molecule is CCOc1cc(CNCCc2ccccc2)ccc1OCCO. The summed E-state index contributed by atoms with van der Waals surface area (Å²) in [4.78, 5) is 0. The molecule has 0 aromatic heterocycles. The lowest BCUT2D eigenvalue weighted by Gasteiger charge is -2.13. The molecule has 0 aliphatic rings. The lowest BCUT2D eigenvalue weighted by molar-refractivity contribution is 0.194. The van der Waals surface area contributed by atoms with Crippen LogP contribution < -0.4 is 14.8 Å². The molecule has 0 heterocycles. The number of ether oxygens (including phenoxy) is 2. The quantitative estimate of drug-likeness (QED) is 0.662. The minimum absolute atomic E-state index is 0.00560. The predicted molar refractivity (Wildman–Crippen MR) is 92.0 cm³/mol. The van der Waals surface area contributed by atoms with E-state index >= 15 is 0 Å². The maximum absolute atomic E-state index is 8.86. The Morgan fingerprint density at radius 2 is 1.78 bits per heavy atom. The molecule has 0 radical (unpaired) electrons. The second-order valence-electron chi connectivity index (χ2n) is 5.20. The smallest absolute Gasteiger partial charge is 0.161 e. The van der Waals surface area contributed by atoms with Crippen LogP contribution in [0.3, 0.4) is 0 Å². The van der Waals surface area contributed by atoms with Crippen LogP contribution in [-0.4, -0.2) is 31.5 Å². The van der Waals surface area contributed by atoms with E-state index in [1.54, 1.807) is 0 Å². The monoisotopic (exact) mass is 315 g/mol. The van der Waals surface area contributed by atoms with Crippen LogP contribution in [0.25, 0.3) is 0 Å². The van der Waals surface area contributed by atoms with Crippen molar-refractivity contribution in [2.24, 2.45) is 0 Å². The van der Waals surface area contributed by atoms with Crippen LogP contribution in [0.15, 0.2) is 48.5 Å². The zero-order valence-electron chi connectivity index (χ0n) is 13.6. The molecule has 0 saturated heterocycles. The van der Waals surface area contributed by atoms with Gasteiger partial charge >= 0.3 is 0 Å². The molecule has 2 N–H and O–H groups in total. The van der Waals surface area contributed by atoms with E-state index in [2.05, 4.69) is 29.6 Å². The normalized spacial score (nSPS) is 10.5. The first-order valence-electron chi connectivity index (χ1n) is 8.07. The van der Waals surface area contributed by atoms with Crippen molar-refractivity contribution in [3.8, 4) is 11.5 Å². The van der Waals surface area contributed by atoms with E-state index < -0.39 is 0 Å². The third-order valence-electron chi connectivity index (χ3n) is 3.42. The maximum atomic E-state index is 8.86. The van der Waals surface area contributed by atoms with Gasteiger partial charge in [-0.25, -0.2) is 0 Å². The molecule has 0 spiro atoms. The highest BCUT2D eigenvalue weighted by Crippen LogP contribution is 2.28. The summed E-state index contributed by atoms with van der Waals surface area (Å²) in [6.07, 6.45) is 1.01. The van der Waals surface area contributed by atoms with Crippen molar-refractivity contribution in [1.82, 2.24) is 5.32 Å². The number of benzene rings is 2. The molecule has 4 heteroatoms. The summed E-state index contributed by atoms with van der Waals surface area (Å²) < 4.78 is 11.1. The van der Waals surface area contributed by atoms with E-state index in [0.29, 0.717) is 12.4 Å². The number of hydrogen-bond donors (Lipinski definition) is 2. The van der Waals surface area contributed by atoms with Gasteiger partial charge < -0.3 is 19.9 Å². The molecular formula is C19H25NO3. The molecule has 0 aliphatic carbocycles. The third kappa shape index (κ3) is 5.93. The predicted octanol–water partition coefficient (Wildman–Crippen LogP) is 2.79. The summed E-state index contributed by atoms with van der Waals surface area (Å²) in [5.41, 5.74) is 2.49. The van der Waals surface area contributed by atoms with Crippen LogP contribution in [0, 0.1) is 0 Å². The largest absolute Gasteiger partial charge is 0.490 e. The van der Waals surface area contributed by atoms with Crippen molar-refractivity contribution in [2.45, 2.75) is 19.9 Å². The number of aliphatic hydroxyl groups excluding tert-OH is 1. The summed E-state index contributed by atoms with van der Waals surface area (Å²) in [6, 6.07) is 16.4. The van der Waals surface area contributed by atoms with Gasteiger partial charge in [-0.2, -0.15) is 0 Å². The van der Waals surface area contributed by atoms with Crippen LogP contribution in [0.2, 0.25) is 0 Å². The summed E-state index contributed by atoms with van der Waals surface area (Å²) >= 11 is 0. The Labute approximate surface area is 138 Å². The van der Waals surface area contributed by atoms with Crippen LogP contribution in [0.1, 0.15) is 18.1 Å². The summed E-state index contributed by atoms with van der Waals surface area (Å²) in [7, 11) is 0. The van der Waals surface area contributed by atoms with Gasteiger partial charge in [0.25, 0.3) is 0 Å². The first kappa shape index (κ1) is 17.3. The van der Waals surface area contributed by atoms with E-state index in [-0.39, 0.29) is 13.2 Å². The molecule has 2 aromatic rings. The minimum Gasteiger partial charge on any atom is -0.490 e. The highest BCUT2D eigenvalue weighted by atomic mass is 16.5. The highest BCUT2D eigenvalue weighted by Gasteiger charge is 2.06. The van der Waals surface area contributed by atoms with Crippen LogP contribution in [0.4, 0.5) is 0 Å². The molecular weight excluding hydrogens is 290 g/mol. The second kappa shape index (κ2) is 9.87. The van der Waals surface area contributed by atoms with Gasteiger partial charge in [-0.3, -0.25) is 0 Å². The summed E-state index contributed by atoms with van der Waals surface area (Å²) in [5.74, 6) is 1.40. The third-order valence-corrected chi connectivity index (χ3v) is 3.42. The highest BCUT2D eigenvalue weighted by molar-refractivity contribution is 5.43. The summed E-state index contributed by atoms with van der Waals surface area (Å²) in [5, 5.41) is 12.3. The molecule has 0 bridgehead atoms. The van der Waals surface area contributed by atoms with Gasteiger partial charge in [0.05, 0.1) is 13.2 Å². The lowest BCUT2D eigenvalue weighted by atomic mass is 10.1. The molecule has 0 unspecified atom stereocenters. The fraction of sp³-hybridized carbons (Fsp3) is 0.368. The molecule has 124 valence electrons. The second-order valence-corrected chi connectivity index (χ2v) is 5.20. The Morgan fingerprint density at radius 3 is 2.52 bits per heavy atom. The summed E-state index contributed by atoms with van der Waals surface area (Å²) in [6.45, 7) is 4.51. The zero-order valence-corrected chi connectivity index (χ0v) is 13.6. The van der Waals surface area contributed by atoms with Crippen molar-refractivity contribution < 1.29 is 14.6 Å². The van der Waals surface area contributed by atoms with Gasteiger partial charge in [0, 0.05) is 6.54 Å². The Kier molecular flexibility index (Phi) is 7.43. The van der Waals surface area contributed by atoms with Gasteiger partial charge in [0.1, 0.15) is 6.61 Å². The average Bonchev–Trinajstić information content (AvgIpc) is 2.59. The number of rotatable bonds is 10. The van der Waals surface area contributed by atoms with Crippen LogP contribution >= 0.6 is 0 Å². The van der Waals surface area contributed by atoms with Gasteiger partial charge in [0.15, 0.2) is 11.5 Å². The minimum atomic E-state index is -0.00560. The van der Waals surface area contributed by atoms with E-state index in [0.717, 1.165) is 30.8 Å². The number of aliphatic hydroxyl groups is 1. The van der Waals surface area contributed by atoms with Crippen LogP contribution in [-0.2, 0) is 13.0 Å². The Hall–Kier alpha value is -2.04. The molecule has 0 aliphatic heterocycles. The van der Waals surface area contributed by atoms with E-state index in [9.17, 15) is 0 Å². The van der Waals surface area contributed by atoms with Crippen molar-refractivity contribution in [3.63, 3.8) is 0 Å². The fourth-order valence-corrected chi connectivity index (χ4v) is 2.32. The van der Waals surface area contributed by atoms with Gasteiger partial charge in [-0.1, -0.05) is 36.4 Å². The van der Waals surface area contributed by atoms with E-state index in [1.807, 2.05) is 31.2 Å². The molecule has 0 fully saturated rings. The van der Waals surface area contributed by atoms with Crippen molar-refractivity contribution in [2.75, 3.05) is 26.4 Å². The molecule has 0 saturated carbocycles. The molecule has 23 heavy (non-hydrogen) atoms. The van der Waals surface area contributed by atoms with Crippen molar-refractivity contribution >= 4 is 0 Å². The molecule has 2 aromatic carbocycles. The van der Waals surface area contributed by atoms with Crippen LogP contribution in [0.5, 0.6) is 11.5 Å². The molecule has 2 rings (SSSR count). The van der Waals surface area contributed by atoms with E-state index in [1.165, 1.54) is 5.56 Å². The Morgan fingerprint density at radius 1 is 0.957 bits per heavy atom.